The van der Waals surface area contributed by atoms with Crippen molar-refractivity contribution in [3.8, 4) is 11.3 Å². The zero-order chi connectivity index (χ0) is 22.0. The number of aromatic amines is 1. The van der Waals surface area contributed by atoms with Gasteiger partial charge in [0, 0.05) is 29.3 Å². The van der Waals surface area contributed by atoms with Gasteiger partial charge in [0.2, 0.25) is 5.95 Å². The SMILES string of the molecule is CC(Nc1cc(Nc2cc(-c3cccc(F)c3)[nH]n2)nc(N)n1)c1ccc(F)cc1F. The van der Waals surface area contributed by atoms with Gasteiger partial charge in [0.1, 0.15) is 29.1 Å². The van der Waals surface area contributed by atoms with Gasteiger partial charge in [-0.3, -0.25) is 5.10 Å². The van der Waals surface area contributed by atoms with Crippen molar-refractivity contribution < 1.29 is 13.2 Å². The lowest BCUT2D eigenvalue weighted by Gasteiger charge is -2.16. The van der Waals surface area contributed by atoms with Crippen LogP contribution in [0.2, 0.25) is 0 Å². The average molecular weight is 425 g/mol. The van der Waals surface area contributed by atoms with Crippen molar-refractivity contribution in [2.45, 2.75) is 13.0 Å². The van der Waals surface area contributed by atoms with E-state index in [9.17, 15) is 13.2 Å². The molecule has 0 fully saturated rings. The van der Waals surface area contributed by atoms with Gasteiger partial charge in [0.05, 0.1) is 11.7 Å². The summed E-state index contributed by atoms with van der Waals surface area (Å²) in [6, 6.07) is 12.2. The number of nitrogens with one attached hydrogen (secondary N) is 3. The Kier molecular flexibility index (Phi) is 5.44. The van der Waals surface area contributed by atoms with Crippen LogP contribution < -0.4 is 16.4 Å². The summed E-state index contributed by atoms with van der Waals surface area (Å²) in [5.41, 5.74) is 7.33. The van der Waals surface area contributed by atoms with Crippen LogP contribution in [0, 0.1) is 17.5 Å². The Labute approximate surface area is 175 Å². The maximum atomic E-state index is 14.0. The van der Waals surface area contributed by atoms with Gasteiger partial charge in [-0.1, -0.05) is 18.2 Å². The van der Waals surface area contributed by atoms with E-state index in [-0.39, 0.29) is 17.3 Å². The van der Waals surface area contributed by atoms with Gasteiger partial charge in [-0.05, 0) is 25.1 Å². The van der Waals surface area contributed by atoms with Crippen molar-refractivity contribution >= 4 is 23.4 Å². The third-order valence-electron chi connectivity index (χ3n) is 4.51. The first kappa shape index (κ1) is 20.2. The van der Waals surface area contributed by atoms with Crippen LogP contribution in [0.4, 0.5) is 36.6 Å². The molecule has 0 saturated heterocycles. The maximum absolute atomic E-state index is 14.0. The summed E-state index contributed by atoms with van der Waals surface area (Å²) < 4.78 is 40.6. The summed E-state index contributed by atoms with van der Waals surface area (Å²) in [5, 5.41) is 13.0. The minimum Gasteiger partial charge on any atom is -0.368 e. The van der Waals surface area contributed by atoms with Crippen LogP contribution in [0.25, 0.3) is 11.3 Å². The summed E-state index contributed by atoms with van der Waals surface area (Å²) in [6.45, 7) is 1.71. The molecule has 4 rings (SSSR count). The van der Waals surface area contributed by atoms with E-state index in [1.54, 1.807) is 31.2 Å². The van der Waals surface area contributed by atoms with Crippen molar-refractivity contribution in [2.24, 2.45) is 0 Å². The Hall–Kier alpha value is -4.08. The van der Waals surface area contributed by atoms with Crippen LogP contribution >= 0.6 is 0 Å². The minimum atomic E-state index is -0.665. The van der Waals surface area contributed by atoms with E-state index in [0.717, 1.165) is 6.07 Å². The standard InChI is InChI=1S/C21H18F3N7/c1-11(15-6-5-14(23)8-16(15)24)26-18-10-19(29-21(25)28-18)27-20-9-17(30-31-20)12-3-2-4-13(22)7-12/h2-11H,1H3,(H5,25,26,27,28,29,30,31). The van der Waals surface area contributed by atoms with E-state index in [1.807, 2.05) is 0 Å². The molecule has 1 unspecified atom stereocenters. The number of H-pyrrole nitrogens is 1. The lowest BCUT2D eigenvalue weighted by atomic mass is 10.1. The number of rotatable bonds is 6. The highest BCUT2D eigenvalue weighted by atomic mass is 19.1. The highest BCUT2D eigenvalue weighted by molar-refractivity contribution is 5.66. The molecule has 0 spiro atoms. The highest BCUT2D eigenvalue weighted by Gasteiger charge is 2.14. The topological polar surface area (TPSA) is 105 Å². The molecular weight excluding hydrogens is 407 g/mol. The smallest absolute Gasteiger partial charge is 0.223 e. The Bertz CT molecular complexity index is 1230. The van der Waals surface area contributed by atoms with Crippen LogP contribution in [-0.2, 0) is 0 Å². The van der Waals surface area contributed by atoms with E-state index in [4.69, 9.17) is 5.73 Å². The Morgan fingerprint density at radius 3 is 2.45 bits per heavy atom. The molecule has 31 heavy (non-hydrogen) atoms. The molecule has 2 heterocycles. The van der Waals surface area contributed by atoms with Gasteiger partial charge in [0.25, 0.3) is 0 Å². The molecule has 4 aromatic rings. The van der Waals surface area contributed by atoms with Gasteiger partial charge in [-0.2, -0.15) is 15.1 Å². The van der Waals surface area contributed by atoms with Crippen molar-refractivity contribution in [2.75, 3.05) is 16.4 Å². The lowest BCUT2D eigenvalue weighted by Crippen LogP contribution is -2.12. The number of nitrogen functional groups attached to an aromatic ring is 1. The fourth-order valence-electron chi connectivity index (χ4n) is 3.08. The molecule has 158 valence electrons. The van der Waals surface area contributed by atoms with Gasteiger partial charge in [0.15, 0.2) is 5.82 Å². The summed E-state index contributed by atoms with van der Waals surface area (Å²) in [5.74, 6) is -0.565. The number of halogens is 3. The second-order valence-corrected chi connectivity index (χ2v) is 6.83. The molecule has 5 N–H and O–H groups in total. The van der Waals surface area contributed by atoms with Crippen LogP contribution in [0.1, 0.15) is 18.5 Å². The molecule has 1 atom stereocenters. The van der Waals surface area contributed by atoms with Crippen molar-refractivity contribution in [1.82, 2.24) is 20.2 Å². The number of hydrogen-bond donors (Lipinski definition) is 4. The van der Waals surface area contributed by atoms with Crippen molar-refractivity contribution in [3.63, 3.8) is 0 Å². The van der Waals surface area contributed by atoms with Gasteiger partial charge in [-0.25, -0.2) is 13.2 Å². The van der Waals surface area contributed by atoms with E-state index in [1.165, 1.54) is 24.3 Å². The summed E-state index contributed by atoms with van der Waals surface area (Å²) >= 11 is 0. The second-order valence-electron chi connectivity index (χ2n) is 6.83. The van der Waals surface area contributed by atoms with Crippen molar-refractivity contribution in [1.29, 1.82) is 0 Å². The molecule has 10 heteroatoms. The van der Waals surface area contributed by atoms with Crippen molar-refractivity contribution in [3.05, 3.63) is 77.6 Å². The quantitative estimate of drug-likeness (QED) is 0.354. The van der Waals surface area contributed by atoms with E-state index < -0.39 is 17.7 Å². The van der Waals surface area contributed by atoms with E-state index in [0.29, 0.717) is 28.7 Å². The normalized spacial score (nSPS) is 11.9. The minimum absolute atomic E-state index is 0.0137. The fraction of sp³-hybridized carbons (Fsp3) is 0.0952. The van der Waals surface area contributed by atoms with Crippen LogP contribution in [0.15, 0.2) is 54.6 Å². The number of nitrogens with two attached hydrogens (primary N) is 1. The molecule has 0 saturated carbocycles. The molecule has 0 aliphatic carbocycles. The van der Waals surface area contributed by atoms with Gasteiger partial charge >= 0.3 is 0 Å². The van der Waals surface area contributed by atoms with E-state index in [2.05, 4.69) is 30.8 Å². The van der Waals surface area contributed by atoms with Crippen LogP contribution in [0.3, 0.4) is 0 Å². The summed E-state index contributed by atoms with van der Waals surface area (Å²) in [4.78, 5) is 8.21. The summed E-state index contributed by atoms with van der Waals surface area (Å²) in [7, 11) is 0. The fourth-order valence-corrected chi connectivity index (χ4v) is 3.08. The van der Waals surface area contributed by atoms with Crippen LogP contribution in [0.5, 0.6) is 0 Å². The Balaban J connectivity index is 1.52. The molecule has 7 nitrogen and oxygen atoms in total. The monoisotopic (exact) mass is 425 g/mol. The molecule has 2 aromatic heterocycles. The first-order valence-corrected chi connectivity index (χ1v) is 9.32. The Morgan fingerprint density at radius 1 is 0.903 bits per heavy atom. The third kappa shape index (κ3) is 4.74. The zero-order valence-electron chi connectivity index (χ0n) is 16.3. The average Bonchev–Trinajstić information content (AvgIpc) is 3.16. The molecule has 2 aromatic carbocycles. The van der Waals surface area contributed by atoms with Gasteiger partial charge < -0.3 is 16.4 Å². The molecule has 0 amide bonds. The largest absolute Gasteiger partial charge is 0.368 e. The molecule has 0 bridgehead atoms. The maximum Gasteiger partial charge on any atom is 0.223 e. The number of hydrogen-bond acceptors (Lipinski definition) is 6. The Morgan fingerprint density at radius 2 is 1.68 bits per heavy atom. The number of aromatic nitrogens is 4. The molecule has 0 aliphatic rings. The predicted molar refractivity (Wildman–Crippen MR) is 112 cm³/mol. The lowest BCUT2D eigenvalue weighted by molar-refractivity contribution is 0.566. The number of benzene rings is 2. The zero-order valence-corrected chi connectivity index (χ0v) is 16.3. The third-order valence-corrected chi connectivity index (χ3v) is 4.51. The first-order chi connectivity index (χ1) is 14.9. The number of anilines is 4. The molecule has 0 radical (unpaired) electrons. The van der Waals surface area contributed by atoms with E-state index >= 15 is 0 Å². The van der Waals surface area contributed by atoms with Gasteiger partial charge in [-0.15, -0.1) is 0 Å². The first-order valence-electron chi connectivity index (χ1n) is 9.32. The molecule has 0 aliphatic heterocycles. The number of nitrogens with zero attached hydrogens (tertiary/aromatic N) is 3. The molecular formula is C21H18F3N7. The van der Waals surface area contributed by atoms with Crippen LogP contribution in [-0.4, -0.2) is 20.2 Å². The summed E-state index contributed by atoms with van der Waals surface area (Å²) in [6.07, 6.45) is 0. The predicted octanol–water partition coefficient (Wildman–Crippen LogP) is 4.78. The second kappa shape index (κ2) is 8.34. The highest BCUT2D eigenvalue weighted by Crippen LogP contribution is 2.25.